The average Bonchev–Trinajstić information content (AvgIpc) is 3.35. The van der Waals surface area contributed by atoms with Gasteiger partial charge in [-0.15, -0.1) is 11.3 Å². The van der Waals surface area contributed by atoms with Crippen LogP contribution in [0.15, 0.2) is 71.6 Å². The monoisotopic (exact) mass is 566 g/mol. The van der Waals surface area contributed by atoms with E-state index in [9.17, 15) is 13.2 Å². The molecule has 39 heavy (non-hydrogen) atoms. The summed E-state index contributed by atoms with van der Waals surface area (Å²) in [6, 6.07) is 17.9. The average molecular weight is 567 g/mol. The van der Waals surface area contributed by atoms with Crippen molar-refractivity contribution in [2.45, 2.75) is 30.2 Å². The van der Waals surface area contributed by atoms with E-state index in [0.29, 0.717) is 41.4 Å². The third kappa shape index (κ3) is 7.18. The van der Waals surface area contributed by atoms with Gasteiger partial charge in [0.1, 0.15) is 16.6 Å². The van der Waals surface area contributed by atoms with Gasteiger partial charge in [0.15, 0.2) is 0 Å². The number of nitrogens with zero attached hydrogens (tertiary/aromatic N) is 1. The molecule has 1 atom stereocenters. The molecule has 0 aliphatic carbocycles. The number of ether oxygens (including phenoxy) is 1. The van der Waals surface area contributed by atoms with Crippen molar-refractivity contribution in [1.29, 1.82) is 5.41 Å². The van der Waals surface area contributed by atoms with Crippen molar-refractivity contribution in [2.75, 3.05) is 19.0 Å². The molecule has 0 aliphatic rings. The summed E-state index contributed by atoms with van der Waals surface area (Å²) in [4.78, 5) is 16.7. The molecule has 1 amide bonds. The molecule has 0 spiro atoms. The van der Waals surface area contributed by atoms with Crippen LogP contribution in [0.25, 0.3) is 10.2 Å². The van der Waals surface area contributed by atoms with E-state index in [1.54, 1.807) is 43.5 Å². The lowest BCUT2D eigenvalue weighted by Gasteiger charge is -2.18. The van der Waals surface area contributed by atoms with Gasteiger partial charge in [-0.3, -0.25) is 10.2 Å². The fourth-order valence-electron chi connectivity index (χ4n) is 3.94. The highest BCUT2D eigenvalue weighted by Gasteiger charge is 2.25. The van der Waals surface area contributed by atoms with Crippen molar-refractivity contribution in [2.24, 2.45) is 11.5 Å². The molecule has 0 fully saturated rings. The van der Waals surface area contributed by atoms with Gasteiger partial charge < -0.3 is 21.5 Å². The number of amidine groups is 1. The molecule has 0 aliphatic heterocycles. The zero-order valence-electron chi connectivity index (χ0n) is 21.3. The summed E-state index contributed by atoms with van der Waals surface area (Å²) in [5.74, 6) is 0.421. The molecule has 4 aromatic rings. The number of thiazole rings is 1. The number of carbonyl (C=O) groups excluding carboxylic acids is 1. The molecule has 0 radical (unpaired) electrons. The van der Waals surface area contributed by atoms with E-state index >= 15 is 0 Å². The normalized spacial score (nSPS) is 12.3. The molecule has 1 unspecified atom stereocenters. The van der Waals surface area contributed by atoms with Crippen molar-refractivity contribution < 1.29 is 17.9 Å². The third-order valence-corrected chi connectivity index (χ3v) is 8.56. The zero-order valence-corrected chi connectivity index (χ0v) is 22.9. The Bertz CT molecular complexity index is 1590. The van der Waals surface area contributed by atoms with Crippen molar-refractivity contribution in [3.8, 4) is 5.75 Å². The van der Waals surface area contributed by atoms with E-state index in [0.717, 1.165) is 15.8 Å². The predicted octanol–water partition coefficient (Wildman–Crippen LogP) is 3.53. The van der Waals surface area contributed by atoms with Crippen molar-refractivity contribution in [3.63, 3.8) is 0 Å². The van der Waals surface area contributed by atoms with Crippen LogP contribution >= 0.6 is 11.3 Å². The Hall–Kier alpha value is -3.84. The van der Waals surface area contributed by atoms with E-state index in [-0.39, 0.29) is 23.1 Å². The Kier molecular flexibility index (Phi) is 8.92. The van der Waals surface area contributed by atoms with Gasteiger partial charge in [0.05, 0.1) is 28.3 Å². The highest BCUT2D eigenvalue weighted by Crippen LogP contribution is 2.32. The molecule has 204 valence electrons. The molecule has 10 nitrogen and oxygen atoms in total. The van der Waals surface area contributed by atoms with Crippen LogP contribution in [-0.2, 0) is 21.2 Å². The van der Waals surface area contributed by atoms with E-state index in [1.807, 2.05) is 18.2 Å². The van der Waals surface area contributed by atoms with Gasteiger partial charge >= 0.3 is 0 Å². The maximum Gasteiger partial charge on any atom is 0.241 e. The second kappa shape index (κ2) is 12.3. The van der Waals surface area contributed by atoms with Crippen LogP contribution in [0, 0.1) is 5.41 Å². The van der Waals surface area contributed by atoms with Gasteiger partial charge in [0, 0.05) is 17.7 Å². The van der Waals surface area contributed by atoms with Gasteiger partial charge in [-0.1, -0.05) is 18.2 Å². The second-order valence-electron chi connectivity index (χ2n) is 8.84. The lowest BCUT2D eigenvalue weighted by atomic mass is 10.0. The molecule has 12 heteroatoms. The minimum absolute atomic E-state index is 0.0488. The maximum absolute atomic E-state index is 13.5. The summed E-state index contributed by atoms with van der Waals surface area (Å²) in [7, 11) is -2.39. The molecular formula is C27H30N6O4S2. The highest BCUT2D eigenvalue weighted by molar-refractivity contribution is 7.89. The van der Waals surface area contributed by atoms with Gasteiger partial charge in [-0.25, -0.2) is 18.1 Å². The van der Waals surface area contributed by atoms with E-state index in [4.69, 9.17) is 26.6 Å². The van der Waals surface area contributed by atoms with Crippen molar-refractivity contribution in [3.05, 3.63) is 82.9 Å². The Balaban J connectivity index is 1.63. The summed E-state index contributed by atoms with van der Waals surface area (Å²) in [5.41, 5.74) is 13.7. The minimum Gasteiger partial charge on any atom is -0.497 e. The third-order valence-electron chi connectivity index (χ3n) is 5.94. The number of nitrogen functional groups attached to an aromatic ring is 1. The minimum atomic E-state index is -3.97. The Morgan fingerprint density at radius 3 is 2.59 bits per heavy atom. The summed E-state index contributed by atoms with van der Waals surface area (Å²) in [5, 5.41) is 11.1. The standard InChI is InChI=1S/C27H30N6O4S2/c1-37-20-9-12-22-24(16-20)38-27(32-22)23(15-17-4-2-5-18(14-17)26(29)30)33-39(35,36)21-10-7-19(8-11-21)31-25(34)6-3-13-28/h2,4-5,7-12,14,16,23,33H,3,6,13,15,28H2,1H3,(H3,29,30)(H,31,34). The molecule has 0 saturated heterocycles. The Morgan fingerprint density at radius 2 is 1.90 bits per heavy atom. The number of methoxy groups -OCH3 is 1. The van der Waals surface area contributed by atoms with Crippen LogP contribution in [-0.4, -0.2) is 38.8 Å². The first kappa shape index (κ1) is 28.2. The number of nitrogens with one attached hydrogen (secondary N) is 3. The first-order valence-corrected chi connectivity index (χ1v) is 14.5. The lowest BCUT2D eigenvalue weighted by Crippen LogP contribution is -2.30. The van der Waals surface area contributed by atoms with Crippen LogP contribution in [0.1, 0.15) is 35.0 Å². The molecule has 4 rings (SSSR count). The van der Waals surface area contributed by atoms with Gasteiger partial charge in [-0.05, 0) is 73.5 Å². The van der Waals surface area contributed by atoms with Crippen LogP contribution in [0.4, 0.5) is 5.69 Å². The van der Waals surface area contributed by atoms with Crippen molar-refractivity contribution >= 4 is 49.0 Å². The van der Waals surface area contributed by atoms with E-state index in [1.165, 1.54) is 23.5 Å². The molecular weight excluding hydrogens is 536 g/mol. The number of hydrogen-bond acceptors (Lipinski definition) is 8. The first-order valence-electron chi connectivity index (χ1n) is 12.2. The second-order valence-corrected chi connectivity index (χ2v) is 11.6. The molecule has 7 N–H and O–H groups in total. The van der Waals surface area contributed by atoms with Crippen LogP contribution in [0.5, 0.6) is 5.75 Å². The fraction of sp³-hybridized carbons (Fsp3) is 0.222. The highest BCUT2D eigenvalue weighted by atomic mass is 32.2. The summed E-state index contributed by atoms with van der Waals surface area (Å²) in [6.07, 6.45) is 1.14. The van der Waals surface area contributed by atoms with Crippen LogP contribution in [0.2, 0.25) is 0 Å². The number of nitrogens with two attached hydrogens (primary N) is 2. The number of aromatic nitrogens is 1. The number of rotatable bonds is 12. The maximum atomic E-state index is 13.5. The van der Waals surface area contributed by atoms with Gasteiger partial charge in [0.2, 0.25) is 15.9 Å². The van der Waals surface area contributed by atoms with E-state index in [2.05, 4.69) is 10.0 Å². The largest absolute Gasteiger partial charge is 0.497 e. The topological polar surface area (TPSA) is 173 Å². The molecule has 0 saturated carbocycles. The first-order chi connectivity index (χ1) is 18.7. The van der Waals surface area contributed by atoms with Gasteiger partial charge in [-0.2, -0.15) is 0 Å². The zero-order chi connectivity index (χ0) is 28.0. The summed E-state index contributed by atoms with van der Waals surface area (Å²) >= 11 is 1.37. The number of benzene rings is 3. The van der Waals surface area contributed by atoms with Crippen LogP contribution in [0.3, 0.4) is 0 Å². The quantitative estimate of drug-likeness (QED) is 0.129. The van der Waals surface area contributed by atoms with Crippen LogP contribution < -0.4 is 26.2 Å². The smallest absolute Gasteiger partial charge is 0.241 e. The number of hydrogen-bond donors (Lipinski definition) is 5. The number of amides is 1. The SMILES string of the molecule is COc1ccc2nc(C(Cc3cccc(C(=N)N)c3)NS(=O)(=O)c3ccc(NC(=O)CCCN)cc3)sc2c1. The molecule has 1 aromatic heterocycles. The molecule has 1 heterocycles. The number of sulfonamides is 1. The van der Waals surface area contributed by atoms with Gasteiger partial charge in [0.25, 0.3) is 0 Å². The lowest BCUT2D eigenvalue weighted by molar-refractivity contribution is -0.116. The number of anilines is 1. The Labute approximate surface area is 231 Å². The summed E-state index contributed by atoms with van der Waals surface area (Å²) < 4.78 is 35.9. The van der Waals surface area contributed by atoms with E-state index < -0.39 is 16.1 Å². The predicted molar refractivity (Wildman–Crippen MR) is 154 cm³/mol. The number of carbonyl (C=O) groups is 1. The molecule has 3 aromatic carbocycles. The molecule has 0 bridgehead atoms. The fourth-order valence-corrected chi connectivity index (χ4v) is 6.26. The number of fused-ring (bicyclic) bond motifs is 1. The Morgan fingerprint density at radius 1 is 1.13 bits per heavy atom. The van der Waals surface area contributed by atoms with Crippen molar-refractivity contribution in [1.82, 2.24) is 9.71 Å². The summed E-state index contributed by atoms with van der Waals surface area (Å²) in [6.45, 7) is 0.415.